The molecule has 0 amide bonds. The summed E-state index contributed by atoms with van der Waals surface area (Å²) < 4.78 is 5.62. The van der Waals surface area contributed by atoms with E-state index in [1.54, 1.807) is 0 Å². The third kappa shape index (κ3) is 3.36. The van der Waals surface area contributed by atoms with Gasteiger partial charge in [0.2, 0.25) is 0 Å². The summed E-state index contributed by atoms with van der Waals surface area (Å²) in [7, 11) is 0. The quantitative estimate of drug-likeness (QED) is 0.732. The summed E-state index contributed by atoms with van der Waals surface area (Å²) in [5.41, 5.74) is 1.09. The van der Waals surface area contributed by atoms with E-state index < -0.39 is 0 Å². The van der Waals surface area contributed by atoms with Crippen molar-refractivity contribution >= 4 is 0 Å². The molecule has 1 rings (SSSR count). The topological polar surface area (TPSA) is 22.1 Å². The second kappa shape index (κ2) is 4.99. The Balaban J connectivity index is 2.64. The van der Waals surface area contributed by atoms with Crippen molar-refractivity contribution in [3.8, 4) is 5.75 Å². The molecule has 0 saturated heterocycles. The van der Waals surface area contributed by atoms with Crippen LogP contribution in [0.15, 0.2) is 18.3 Å². The number of ether oxygens (including phenoxy) is 1. The van der Waals surface area contributed by atoms with E-state index in [-0.39, 0.29) is 0 Å². The Morgan fingerprint density at radius 3 is 2.57 bits per heavy atom. The summed E-state index contributed by atoms with van der Waals surface area (Å²) in [4.78, 5) is 4.29. The lowest BCUT2D eigenvalue weighted by Gasteiger charge is -2.10. The van der Waals surface area contributed by atoms with E-state index in [0.29, 0.717) is 11.8 Å². The van der Waals surface area contributed by atoms with Gasteiger partial charge in [-0.25, -0.2) is 0 Å². The standard InChI is InChI=1S/C12H19NO/c1-9(2)8-14-11-5-6-13-12(7-11)10(3)4/h5-7,9-10H,8H2,1-4H3. The van der Waals surface area contributed by atoms with Crippen LogP contribution in [-0.2, 0) is 0 Å². The molecule has 0 aliphatic heterocycles. The predicted molar refractivity (Wildman–Crippen MR) is 58.7 cm³/mol. The Morgan fingerprint density at radius 2 is 2.00 bits per heavy atom. The van der Waals surface area contributed by atoms with Crippen molar-refractivity contribution < 1.29 is 4.74 Å². The minimum atomic E-state index is 0.456. The molecular formula is C12H19NO. The van der Waals surface area contributed by atoms with Gasteiger partial charge < -0.3 is 4.74 Å². The van der Waals surface area contributed by atoms with Gasteiger partial charge in [-0.05, 0) is 17.9 Å². The van der Waals surface area contributed by atoms with Crippen LogP contribution in [-0.4, -0.2) is 11.6 Å². The summed E-state index contributed by atoms with van der Waals surface area (Å²) >= 11 is 0. The number of pyridine rings is 1. The molecule has 14 heavy (non-hydrogen) atoms. The molecule has 0 radical (unpaired) electrons. The predicted octanol–water partition coefficient (Wildman–Crippen LogP) is 3.24. The van der Waals surface area contributed by atoms with E-state index in [0.717, 1.165) is 18.1 Å². The maximum atomic E-state index is 5.62. The number of rotatable bonds is 4. The lowest BCUT2D eigenvalue weighted by Crippen LogP contribution is -2.05. The molecule has 0 bridgehead atoms. The molecule has 0 spiro atoms. The van der Waals surface area contributed by atoms with E-state index in [1.165, 1.54) is 0 Å². The second-order valence-corrected chi connectivity index (χ2v) is 4.28. The SMILES string of the molecule is CC(C)COc1ccnc(C(C)C)c1. The summed E-state index contributed by atoms with van der Waals surface area (Å²) in [6, 6.07) is 3.93. The summed E-state index contributed by atoms with van der Waals surface area (Å²) in [5.74, 6) is 1.95. The van der Waals surface area contributed by atoms with Crippen LogP contribution in [0.3, 0.4) is 0 Å². The molecule has 1 aromatic rings. The van der Waals surface area contributed by atoms with Gasteiger partial charge in [0.25, 0.3) is 0 Å². The highest BCUT2D eigenvalue weighted by molar-refractivity contribution is 5.24. The molecule has 1 aromatic heterocycles. The van der Waals surface area contributed by atoms with Gasteiger partial charge in [-0.15, -0.1) is 0 Å². The summed E-state index contributed by atoms with van der Waals surface area (Å²) in [6.45, 7) is 9.32. The average Bonchev–Trinajstić information content (AvgIpc) is 2.15. The highest BCUT2D eigenvalue weighted by Crippen LogP contribution is 2.17. The third-order valence-corrected chi connectivity index (χ3v) is 1.93. The maximum Gasteiger partial charge on any atom is 0.122 e. The van der Waals surface area contributed by atoms with Crippen LogP contribution in [0.2, 0.25) is 0 Å². The van der Waals surface area contributed by atoms with Gasteiger partial charge in [0.15, 0.2) is 0 Å². The van der Waals surface area contributed by atoms with E-state index in [2.05, 4.69) is 32.7 Å². The minimum absolute atomic E-state index is 0.456. The zero-order valence-electron chi connectivity index (χ0n) is 9.45. The molecule has 0 atom stereocenters. The van der Waals surface area contributed by atoms with Crippen LogP contribution in [0.5, 0.6) is 5.75 Å². The Labute approximate surface area is 86.3 Å². The van der Waals surface area contributed by atoms with Crippen molar-refractivity contribution in [2.75, 3.05) is 6.61 Å². The fourth-order valence-electron chi connectivity index (χ4n) is 1.10. The first-order chi connectivity index (χ1) is 6.59. The van der Waals surface area contributed by atoms with Crippen molar-refractivity contribution in [2.24, 2.45) is 5.92 Å². The smallest absolute Gasteiger partial charge is 0.122 e. The van der Waals surface area contributed by atoms with Crippen LogP contribution < -0.4 is 4.74 Å². The molecule has 0 aromatic carbocycles. The minimum Gasteiger partial charge on any atom is -0.493 e. The van der Waals surface area contributed by atoms with Crippen molar-refractivity contribution in [1.82, 2.24) is 4.98 Å². The second-order valence-electron chi connectivity index (χ2n) is 4.28. The number of nitrogens with zero attached hydrogens (tertiary/aromatic N) is 1. The van der Waals surface area contributed by atoms with E-state index >= 15 is 0 Å². The number of hydrogen-bond acceptors (Lipinski definition) is 2. The first-order valence-corrected chi connectivity index (χ1v) is 5.18. The fourth-order valence-corrected chi connectivity index (χ4v) is 1.10. The lowest BCUT2D eigenvalue weighted by atomic mass is 10.1. The van der Waals surface area contributed by atoms with Crippen LogP contribution in [0, 0.1) is 5.92 Å². The molecule has 0 N–H and O–H groups in total. The number of aromatic nitrogens is 1. The Bertz CT molecular complexity index is 281. The zero-order valence-corrected chi connectivity index (χ0v) is 9.45. The summed E-state index contributed by atoms with van der Waals surface area (Å²) in [5, 5.41) is 0. The molecule has 0 unspecified atom stereocenters. The molecule has 1 heterocycles. The largest absolute Gasteiger partial charge is 0.493 e. The Hall–Kier alpha value is -1.05. The Kier molecular flexibility index (Phi) is 3.93. The molecule has 0 aliphatic carbocycles. The first-order valence-electron chi connectivity index (χ1n) is 5.18. The highest BCUT2D eigenvalue weighted by atomic mass is 16.5. The van der Waals surface area contributed by atoms with Crippen LogP contribution >= 0.6 is 0 Å². The monoisotopic (exact) mass is 193 g/mol. The van der Waals surface area contributed by atoms with Crippen molar-refractivity contribution in [3.63, 3.8) is 0 Å². The van der Waals surface area contributed by atoms with Gasteiger partial charge in [0, 0.05) is 18.0 Å². The molecular weight excluding hydrogens is 174 g/mol. The van der Waals surface area contributed by atoms with Crippen LogP contribution in [0.25, 0.3) is 0 Å². The maximum absolute atomic E-state index is 5.62. The van der Waals surface area contributed by atoms with Gasteiger partial charge in [0.05, 0.1) is 6.61 Å². The van der Waals surface area contributed by atoms with Crippen molar-refractivity contribution in [3.05, 3.63) is 24.0 Å². The first kappa shape index (κ1) is 11.0. The van der Waals surface area contributed by atoms with Crippen molar-refractivity contribution in [2.45, 2.75) is 33.6 Å². The lowest BCUT2D eigenvalue weighted by molar-refractivity contribution is 0.270. The third-order valence-electron chi connectivity index (χ3n) is 1.93. The van der Waals surface area contributed by atoms with Gasteiger partial charge in [0.1, 0.15) is 5.75 Å². The van der Waals surface area contributed by atoms with Crippen molar-refractivity contribution in [1.29, 1.82) is 0 Å². The molecule has 78 valence electrons. The van der Waals surface area contributed by atoms with Crippen LogP contribution in [0.1, 0.15) is 39.3 Å². The van der Waals surface area contributed by atoms with E-state index in [9.17, 15) is 0 Å². The summed E-state index contributed by atoms with van der Waals surface area (Å²) in [6.07, 6.45) is 1.81. The van der Waals surface area contributed by atoms with E-state index in [1.807, 2.05) is 18.3 Å². The van der Waals surface area contributed by atoms with Gasteiger partial charge in [-0.3, -0.25) is 4.98 Å². The zero-order chi connectivity index (χ0) is 10.6. The van der Waals surface area contributed by atoms with E-state index in [4.69, 9.17) is 4.74 Å². The fraction of sp³-hybridized carbons (Fsp3) is 0.583. The average molecular weight is 193 g/mol. The number of hydrogen-bond donors (Lipinski definition) is 0. The Morgan fingerprint density at radius 1 is 1.29 bits per heavy atom. The van der Waals surface area contributed by atoms with Gasteiger partial charge >= 0.3 is 0 Å². The van der Waals surface area contributed by atoms with Gasteiger partial charge in [-0.1, -0.05) is 27.7 Å². The normalized spacial score (nSPS) is 11.0. The molecule has 2 heteroatoms. The van der Waals surface area contributed by atoms with Gasteiger partial charge in [-0.2, -0.15) is 0 Å². The van der Waals surface area contributed by atoms with Crippen LogP contribution in [0.4, 0.5) is 0 Å². The molecule has 0 aliphatic rings. The molecule has 0 fully saturated rings. The molecule has 0 saturated carbocycles. The highest BCUT2D eigenvalue weighted by Gasteiger charge is 2.02. The molecule has 2 nitrogen and oxygen atoms in total.